The highest BCUT2D eigenvalue weighted by Crippen LogP contribution is 2.17. The minimum absolute atomic E-state index is 0.107. The second-order valence-corrected chi connectivity index (χ2v) is 7.40. The fraction of sp³-hybridized carbons (Fsp3) is 0.357. The Labute approximate surface area is 129 Å². The average Bonchev–Trinajstić information content (AvgIpc) is 2.99. The van der Waals surface area contributed by atoms with E-state index in [-0.39, 0.29) is 6.04 Å². The fourth-order valence-corrected chi connectivity index (χ4v) is 3.58. The first-order valence-electron chi connectivity index (χ1n) is 6.68. The summed E-state index contributed by atoms with van der Waals surface area (Å²) in [6.07, 6.45) is 2.32. The maximum absolute atomic E-state index is 12.3. The Kier molecular flexibility index (Phi) is 5.46. The maximum atomic E-state index is 12.3. The normalized spacial score (nSPS) is 13.2. The molecular weight excluding hydrogens is 306 g/mol. The number of hydrogen-bond donors (Lipinski definition) is 2. The summed E-state index contributed by atoms with van der Waals surface area (Å²) in [5.74, 6) is 0. The minimum Gasteiger partial charge on any atom is -0.313 e. The molecule has 1 atom stereocenters. The zero-order valence-electron chi connectivity index (χ0n) is 12.0. The van der Waals surface area contributed by atoms with Crippen molar-refractivity contribution in [1.82, 2.24) is 15.0 Å². The summed E-state index contributed by atoms with van der Waals surface area (Å²) >= 11 is 1.52. The summed E-state index contributed by atoms with van der Waals surface area (Å²) < 4.78 is 27.2. The molecule has 0 aliphatic heterocycles. The third-order valence-electron chi connectivity index (χ3n) is 3.22. The van der Waals surface area contributed by atoms with Crippen molar-refractivity contribution in [1.29, 1.82) is 0 Å². The molecule has 0 radical (unpaired) electrons. The van der Waals surface area contributed by atoms with E-state index in [2.05, 4.69) is 15.0 Å². The van der Waals surface area contributed by atoms with Gasteiger partial charge in [-0.2, -0.15) is 0 Å². The van der Waals surface area contributed by atoms with Crippen LogP contribution >= 0.6 is 11.3 Å². The Bertz CT molecular complexity index is 669. The van der Waals surface area contributed by atoms with Crippen LogP contribution in [0.25, 0.3) is 0 Å². The first-order chi connectivity index (χ1) is 10.0. The van der Waals surface area contributed by atoms with Crippen molar-refractivity contribution in [3.8, 4) is 0 Å². The van der Waals surface area contributed by atoms with Crippen LogP contribution in [-0.4, -0.2) is 27.0 Å². The van der Waals surface area contributed by atoms with Gasteiger partial charge in [-0.15, -0.1) is 11.3 Å². The van der Waals surface area contributed by atoms with E-state index in [0.29, 0.717) is 17.9 Å². The monoisotopic (exact) mass is 325 g/mol. The fourth-order valence-electron chi connectivity index (χ4n) is 1.87. The van der Waals surface area contributed by atoms with E-state index in [0.717, 1.165) is 10.6 Å². The van der Waals surface area contributed by atoms with E-state index in [1.807, 2.05) is 25.4 Å². The third-order valence-corrected chi connectivity index (χ3v) is 5.51. The Morgan fingerprint density at radius 1 is 1.38 bits per heavy atom. The second kappa shape index (κ2) is 7.13. The van der Waals surface area contributed by atoms with Crippen molar-refractivity contribution in [2.24, 2.45) is 0 Å². The predicted molar refractivity (Wildman–Crippen MR) is 84.9 cm³/mol. The molecule has 0 saturated heterocycles. The smallest absolute Gasteiger partial charge is 0.240 e. The SMILES string of the molecule is CNC(C)c1cccc(S(=O)(=O)NCCc2nccs2)c1. The first-order valence-corrected chi connectivity index (χ1v) is 9.04. The Balaban J connectivity index is 2.05. The summed E-state index contributed by atoms with van der Waals surface area (Å²) in [6.45, 7) is 2.34. The number of rotatable bonds is 7. The third kappa shape index (κ3) is 4.34. The molecule has 1 aromatic heterocycles. The highest BCUT2D eigenvalue weighted by Gasteiger charge is 2.15. The highest BCUT2D eigenvalue weighted by atomic mass is 32.2. The highest BCUT2D eigenvalue weighted by molar-refractivity contribution is 7.89. The summed E-state index contributed by atoms with van der Waals surface area (Å²) in [6, 6.07) is 7.09. The second-order valence-electron chi connectivity index (χ2n) is 4.66. The quantitative estimate of drug-likeness (QED) is 0.816. The van der Waals surface area contributed by atoms with Crippen LogP contribution in [0.4, 0.5) is 0 Å². The van der Waals surface area contributed by atoms with Gasteiger partial charge in [0.05, 0.1) is 9.90 Å². The zero-order chi connectivity index (χ0) is 15.3. The molecule has 0 aliphatic rings. The topological polar surface area (TPSA) is 71.1 Å². The summed E-state index contributed by atoms with van der Waals surface area (Å²) in [4.78, 5) is 4.43. The molecule has 21 heavy (non-hydrogen) atoms. The van der Waals surface area contributed by atoms with Gasteiger partial charge in [0.2, 0.25) is 10.0 Å². The average molecular weight is 325 g/mol. The van der Waals surface area contributed by atoms with Crippen molar-refractivity contribution in [3.05, 3.63) is 46.4 Å². The lowest BCUT2D eigenvalue weighted by Gasteiger charge is -2.12. The van der Waals surface area contributed by atoms with Crippen LogP contribution in [0.1, 0.15) is 23.5 Å². The summed E-state index contributed by atoms with van der Waals surface area (Å²) in [5.41, 5.74) is 0.945. The Morgan fingerprint density at radius 2 is 2.19 bits per heavy atom. The van der Waals surface area contributed by atoms with Gasteiger partial charge >= 0.3 is 0 Å². The van der Waals surface area contributed by atoms with E-state index < -0.39 is 10.0 Å². The lowest BCUT2D eigenvalue weighted by atomic mass is 10.1. The van der Waals surface area contributed by atoms with Gasteiger partial charge in [0, 0.05) is 30.6 Å². The van der Waals surface area contributed by atoms with Crippen molar-refractivity contribution in [2.75, 3.05) is 13.6 Å². The lowest BCUT2D eigenvalue weighted by Crippen LogP contribution is -2.26. The van der Waals surface area contributed by atoms with Crippen molar-refractivity contribution < 1.29 is 8.42 Å². The Hall–Kier alpha value is -1.28. The molecule has 2 aromatic rings. The molecule has 0 spiro atoms. The minimum atomic E-state index is -3.48. The van der Waals surface area contributed by atoms with E-state index >= 15 is 0 Å². The molecule has 0 aliphatic carbocycles. The van der Waals surface area contributed by atoms with E-state index in [1.54, 1.807) is 24.4 Å². The van der Waals surface area contributed by atoms with Crippen molar-refractivity contribution in [2.45, 2.75) is 24.3 Å². The first kappa shape index (κ1) is 16.1. The number of thiazole rings is 1. The Morgan fingerprint density at radius 3 is 2.86 bits per heavy atom. The van der Waals surface area contributed by atoms with Crippen molar-refractivity contribution in [3.63, 3.8) is 0 Å². The number of aromatic nitrogens is 1. The van der Waals surface area contributed by atoms with Gasteiger partial charge < -0.3 is 5.32 Å². The van der Waals surface area contributed by atoms with Crippen LogP contribution in [0, 0.1) is 0 Å². The maximum Gasteiger partial charge on any atom is 0.240 e. The number of nitrogens with zero attached hydrogens (tertiary/aromatic N) is 1. The van der Waals surface area contributed by atoms with E-state index in [9.17, 15) is 8.42 Å². The zero-order valence-corrected chi connectivity index (χ0v) is 13.7. The van der Waals surface area contributed by atoms with Gasteiger partial charge in [0.15, 0.2) is 0 Å². The van der Waals surface area contributed by atoms with Crippen LogP contribution in [0.5, 0.6) is 0 Å². The van der Waals surface area contributed by atoms with Gasteiger partial charge in [0.1, 0.15) is 0 Å². The van der Waals surface area contributed by atoms with Gasteiger partial charge in [-0.3, -0.25) is 0 Å². The standard InChI is InChI=1S/C14H19N3O2S2/c1-11(15-2)12-4-3-5-13(10-12)21(18,19)17-7-6-14-16-8-9-20-14/h3-5,8-11,15,17H,6-7H2,1-2H3. The number of nitrogens with one attached hydrogen (secondary N) is 2. The molecule has 0 fully saturated rings. The van der Waals surface area contributed by atoms with Crippen LogP contribution in [0.3, 0.4) is 0 Å². The van der Waals surface area contributed by atoms with Crippen LogP contribution in [0.15, 0.2) is 40.7 Å². The van der Waals surface area contributed by atoms with E-state index in [1.165, 1.54) is 11.3 Å². The van der Waals surface area contributed by atoms with Crippen molar-refractivity contribution >= 4 is 21.4 Å². The van der Waals surface area contributed by atoms with Gasteiger partial charge in [-0.05, 0) is 31.7 Å². The van der Waals surface area contributed by atoms with Gasteiger partial charge in [-0.1, -0.05) is 12.1 Å². The number of hydrogen-bond acceptors (Lipinski definition) is 5. The molecular formula is C14H19N3O2S2. The molecule has 7 heteroatoms. The molecule has 1 heterocycles. The molecule has 114 valence electrons. The van der Waals surface area contributed by atoms with Crippen LogP contribution in [0.2, 0.25) is 0 Å². The number of benzene rings is 1. The molecule has 1 aromatic carbocycles. The predicted octanol–water partition coefficient (Wildman–Crippen LogP) is 1.94. The molecule has 0 saturated carbocycles. The molecule has 1 unspecified atom stereocenters. The van der Waals surface area contributed by atoms with Gasteiger partial charge in [-0.25, -0.2) is 18.1 Å². The van der Waals surface area contributed by atoms with Gasteiger partial charge in [0.25, 0.3) is 0 Å². The molecule has 5 nitrogen and oxygen atoms in total. The molecule has 2 N–H and O–H groups in total. The van der Waals surface area contributed by atoms with Crippen LogP contribution in [-0.2, 0) is 16.4 Å². The largest absolute Gasteiger partial charge is 0.313 e. The lowest BCUT2D eigenvalue weighted by molar-refractivity contribution is 0.580. The molecule has 2 rings (SSSR count). The van der Waals surface area contributed by atoms with Crippen LogP contribution < -0.4 is 10.0 Å². The summed E-state index contributed by atoms with van der Waals surface area (Å²) in [5, 5.41) is 5.91. The summed E-state index contributed by atoms with van der Waals surface area (Å²) in [7, 11) is -1.63. The number of sulfonamides is 1. The van der Waals surface area contributed by atoms with E-state index in [4.69, 9.17) is 0 Å². The molecule has 0 bridgehead atoms. The molecule has 0 amide bonds.